The van der Waals surface area contributed by atoms with Crippen molar-refractivity contribution in [3.05, 3.63) is 71.0 Å². The van der Waals surface area contributed by atoms with Crippen molar-refractivity contribution in [3.8, 4) is 0 Å². The van der Waals surface area contributed by atoms with Crippen LogP contribution in [0.4, 0.5) is 4.39 Å². The number of hydrogen-bond donors (Lipinski definition) is 0. The third-order valence-electron chi connectivity index (χ3n) is 4.24. The van der Waals surface area contributed by atoms with E-state index in [9.17, 15) is 14.0 Å². The van der Waals surface area contributed by atoms with Gasteiger partial charge in [0, 0.05) is 0 Å². The molecule has 0 aliphatic heterocycles. The molecule has 0 heterocycles. The van der Waals surface area contributed by atoms with E-state index in [1.165, 1.54) is 19.2 Å². The lowest BCUT2D eigenvalue weighted by Crippen LogP contribution is -2.23. The van der Waals surface area contributed by atoms with Gasteiger partial charge in [0.25, 0.3) is 0 Å². The molecule has 4 nitrogen and oxygen atoms in total. The molecule has 1 saturated carbocycles. The average molecular weight is 328 g/mol. The van der Waals surface area contributed by atoms with Crippen LogP contribution in [0.25, 0.3) is 0 Å². The van der Waals surface area contributed by atoms with Crippen LogP contribution in [0.3, 0.4) is 0 Å². The minimum Gasteiger partial charge on any atom is -0.465 e. The van der Waals surface area contributed by atoms with Crippen LogP contribution in [0, 0.1) is 5.82 Å². The van der Waals surface area contributed by atoms with E-state index in [2.05, 4.69) is 4.74 Å². The second-order valence-corrected chi connectivity index (χ2v) is 5.86. The molecule has 3 rings (SSSR count). The molecule has 0 atom stereocenters. The molecule has 0 aromatic heterocycles. The molecule has 0 radical (unpaired) electrons. The summed E-state index contributed by atoms with van der Waals surface area (Å²) in [6, 6.07) is 12.8. The Morgan fingerprint density at radius 2 is 1.88 bits per heavy atom. The number of esters is 2. The summed E-state index contributed by atoms with van der Waals surface area (Å²) in [5, 5.41) is 0. The molecular weight excluding hydrogens is 311 g/mol. The largest absolute Gasteiger partial charge is 0.465 e. The average Bonchev–Trinajstić information content (AvgIpc) is 3.41. The van der Waals surface area contributed by atoms with Gasteiger partial charge in [0.2, 0.25) is 0 Å². The van der Waals surface area contributed by atoms with Crippen LogP contribution in [-0.2, 0) is 26.3 Å². The van der Waals surface area contributed by atoms with Crippen LogP contribution >= 0.6 is 0 Å². The molecule has 0 unspecified atom stereocenters. The predicted molar refractivity (Wildman–Crippen MR) is 84.9 cm³/mol. The lowest BCUT2D eigenvalue weighted by Gasteiger charge is -2.15. The lowest BCUT2D eigenvalue weighted by molar-refractivity contribution is -0.148. The highest BCUT2D eigenvalue weighted by Gasteiger charge is 2.52. The standard InChI is InChI=1S/C19H17FO4/c1-23-17(21)14-5-2-4-13(10-14)12-24-18(22)19(8-9-19)15-6-3-7-16(20)11-15/h2-7,10-11H,8-9,12H2,1H3. The van der Waals surface area contributed by atoms with Crippen molar-refractivity contribution in [1.82, 2.24) is 0 Å². The number of ether oxygens (including phenoxy) is 2. The first-order valence-electron chi connectivity index (χ1n) is 7.66. The number of hydrogen-bond acceptors (Lipinski definition) is 4. The monoisotopic (exact) mass is 328 g/mol. The Kier molecular flexibility index (Phi) is 4.34. The van der Waals surface area contributed by atoms with Crippen molar-refractivity contribution in [2.24, 2.45) is 0 Å². The summed E-state index contributed by atoms with van der Waals surface area (Å²) in [5.41, 5.74) is 1.01. The number of halogens is 1. The van der Waals surface area contributed by atoms with Crippen LogP contribution in [0.2, 0.25) is 0 Å². The normalized spacial score (nSPS) is 14.8. The van der Waals surface area contributed by atoms with Crippen LogP contribution < -0.4 is 0 Å². The molecule has 2 aromatic rings. The Labute approximate surface area is 139 Å². The van der Waals surface area contributed by atoms with E-state index in [1.807, 2.05) is 0 Å². The first kappa shape index (κ1) is 16.2. The number of carbonyl (C=O) groups is 2. The highest BCUT2D eigenvalue weighted by Crippen LogP contribution is 2.49. The van der Waals surface area contributed by atoms with Gasteiger partial charge in [-0.2, -0.15) is 0 Å². The maximum atomic E-state index is 13.4. The number of carbonyl (C=O) groups excluding carboxylic acids is 2. The molecule has 2 aromatic carbocycles. The molecule has 1 aliphatic carbocycles. The Morgan fingerprint density at radius 1 is 1.12 bits per heavy atom. The highest BCUT2D eigenvalue weighted by molar-refractivity contribution is 5.89. The molecule has 0 bridgehead atoms. The van der Waals surface area contributed by atoms with E-state index < -0.39 is 11.4 Å². The van der Waals surface area contributed by atoms with Crippen molar-refractivity contribution < 1.29 is 23.5 Å². The van der Waals surface area contributed by atoms with Crippen LogP contribution in [0.15, 0.2) is 48.5 Å². The molecule has 124 valence electrons. The zero-order valence-corrected chi connectivity index (χ0v) is 13.3. The zero-order chi connectivity index (χ0) is 17.2. The smallest absolute Gasteiger partial charge is 0.337 e. The fourth-order valence-electron chi connectivity index (χ4n) is 2.71. The van der Waals surface area contributed by atoms with Crippen LogP contribution in [0.1, 0.15) is 34.3 Å². The summed E-state index contributed by atoms with van der Waals surface area (Å²) in [5.74, 6) is -1.17. The van der Waals surface area contributed by atoms with E-state index >= 15 is 0 Å². The topological polar surface area (TPSA) is 52.6 Å². The highest BCUT2D eigenvalue weighted by atomic mass is 19.1. The van der Waals surface area contributed by atoms with E-state index in [0.717, 1.165) is 0 Å². The summed E-state index contributed by atoms with van der Waals surface area (Å²) in [7, 11) is 1.31. The van der Waals surface area contributed by atoms with Crippen molar-refractivity contribution >= 4 is 11.9 Å². The molecular formula is C19H17FO4. The Bertz CT molecular complexity index is 780. The predicted octanol–water partition coefficient (Wildman–Crippen LogP) is 3.39. The fraction of sp³-hybridized carbons (Fsp3) is 0.263. The number of rotatable bonds is 5. The lowest BCUT2D eigenvalue weighted by atomic mass is 9.96. The summed E-state index contributed by atoms with van der Waals surface area (Å²) in [6.07, 6.45) is 1.30. The summed E-state index contributed by atoms with van der Waals surface area (Å²) < 4.78 is 23.5. The number of methoxy groups -OCH3 is 1. The van der Waals surface area contributed by atoms with E-state index in [1.54, 1.807) is 36.4 Å². The SMILES string of the molecule is COC(=O)c1cccc(COC(=O)C2(c3cccc(F)c3)CC2)c1. The van der Waals surface area contributed by atoms with Crippen LogP contribution in [0.5, 0.6) is 0 Å². The van der Waals surface area contributed by atoms with Gasteiger partial charge in [0.15, 0.2) is 0 Å². The first-order chi connectivity index (χ1) is 11.5. The molecule has 5 heteroatoms. The van der Waals surface area contributed by atoms with Gasteiger partial charge in [-0.3, -0.25) is 4.79 Å². The van der Waals surface area contributed by atoms with Gasteiger partial charge in [0.05, 0.1) is 18.1 Å². The van der Waals surface area contributed by atoms with Crippen molar-refractivity contribution in [2.75, 3.05) is 7.11 Å². The second-order valence-electron chi connectivity index (χ2n) is 5.86. The first-order valence-corrected chi connectivity index (χ1v) is 7.66. The Morgan fingerprint density at radius 3 is 2.54 bits per heavy atom. The fourth-order valence-corrected chi connectivity index (χ4v) is 2.71. The zero-order valence-electron chi connectivity index (χ0n) is 13.3. The molecule has 1 aliphatic rings. The van der Waals surface area contributed by atoms with E-state index in [-0.39, 0.29) is 18.4 Å². The molecule has 0 spiro atoms. The molecule has 1 fully saturated rings. The van der Waals surface area contributed by atoms with Gasteiger partial charge < -0.3 is 9.47 Å². The van der Waals surface area contributed by atoms with Crippen molar-refractivity contribution in [1.29, 1.82) is 0 Å². The number of benzene rings is 2. The van der Waals surface area contributed by atoms with E-state index in [4.69, 9.17) is 4.74 Å². The maximum Gasteiger partial charge on any atom is 0.337 e. The molecule has 0 amide bonds. The van der Waals surface area contributed by atoms with E-state index in [0.29, 0.717) is 29.5 Å². The van der Waals surface area contributed by atoms with Crippen molar-refractivity contribution in [2.45, 2.75) is 24.9 Å². The van der Waals surface area contributed by atoms with Gasteiger partial charge in [0.1, 0.15) is 12.4 Å². The van der Waals surface area contributed by atoms with Gasteiger partial charge in [-0.1, -0.05) is 24.3 Å². The quantitative estimate of drug-likeness (QED) is 0.790. The van der Waals surface area contributed by atoms with Gasteiger partial charge in [-0.25, -0.2) is 9.18 Å². The Balaban J connectivity index is 1.69. The summed E-state index contributed by atoms with van der Waals surface area (Å²) >= 11 is 0. The minimum absolute atomic E-state index is 0.0563. The summed E-state index contributed by atoms with van der Waals surface area (Å²) in [4.78, 5) is 24.0. The summed E-state index contributed by atoms with van der Waals surface area (Å²) in [6.45, 7) is 0.0563. The van der Waals surface area contributed by atoms with Gasteiger partial charge in [-0.15, -0.1) is 0 Å². The molecule has 0 saturated heterocycles. The third kappa shape index (κ3) is 3.15. The Hall–Kier alpha value is -2.69. The minimum atomic E-state index is -0.734. The van der Waals surface area contributed by atoms with Crippen molar-refractivity contribution in [3.63, 3.8) is 0 Å². The third-order valence-corrected chi connectivity index (χ3v) is 4.24. The van der Waals surface area contributed by atoms with Crippen LogP contribution in [-0.4, -0.2) is 19.0 Å². The molecule has 24 heavy (non-hydrogen) atoms. The second kappa shape index (κ2) is 6.43. The molecule has 0 N–H and O–H groups in total. The van der Waals surface area contributed by atoms with Gasteiger partial charge >= 0.3 is 11.9 Å². The maximum absolute atomic E-state index is 13.4. The van der Waals surface area contributed by atoms with Gasteiger partial charge in [-0.05, 0) is 48.2 Å².